The van der Waals surface area contributed by atoms with Crippen LogP contribution >= 0.6 is 23.2 Å². The molecule has 0 fully saturated rings. The van der Waals surface area contributed by atoms with Crippen molar-refractivity contribution in [2.24, 2.45) is 11.5 Å². The Labute approximate surface area is 141 Å². The molecule has 0 aromatic heterocycles. The summed E-state index contributed by atoms with van der Waals surface area (Å²) in [5.74, 6) is -2.04. The topological polar surface area (TPSA) is 169 Å². The SMILES string of the molecule is N=C(N)NC(=O)Cc1c(Cl)cccc1Cl.NC(=O)OCC(=O)O. The van der Waals surface area contributed by atoms with E-state index in [4.69, 9.17) is 39.5 Å². The van der Waals surface area contributed by atoms with E-state index in [0.717, 1.165) is 0 Å². The summed E-state index contributed by atoms with van der Waals surface area (Å²) < 4.78 is 3.84. The van der Waals surface area contributed by atoms with Crippen molar-refractivity contribution in [3.8, 4) is 0 Å². The van der Waals surface area contributed by atoms with Gasteiger partial charge >= 0.3 is 12.1 Å². The lowest BCUT2D eigenvalue weighted by molar-refractivity contribution is -0.140. The van der Waals surface area contributed by atoms with Crippen molar-refractivity contribution in [1.29, 1.82) is 5.41 Å². The first-order valence-corrected chi connectivity index (χ1v) is 6.59. The molecule has 0 bridgehead atoms. The summed E-state index contributed by atoms with van der Waals surface area (Å²) >= 11 is 11.7. The van der Waals surface area contributed by atoms with Crippen LogP contribution in [0.4, 0.5) is 4.79 Å². The van der Waals surface area contributed by atoms with Gasteiger partial charge in [-0.25, -0.2) is 9.59 Å². The van der Waals surface area contributed by atoms with Crippen LogP contribution in [0.15, 0.2) is 18.2 Å². The lowest BCUT2D eigenvalue weighted by Gasteiger charge is -2.06. The van der Waals surface area contributed by atoms with Gasteiger partial charge in [0.05, 0.1) is 6.42 Å². The van der Waals surface area contributed by atoms with E-state index in [1.807, 2.05) is 0 Å². The number of carboxylic acid groups (broad SMARTS) is 1. The highest BCUT2D eigenvalue weighted by Gasteiger charge is 2.10. The minimum atomic E-state index is -1.22. The number of aliphatic carboxylic acids is 1. The summed E-state index contributed by atoms with van der Waals surface area (Å²) in [7, 11) is 0. The molecule has 0 radical (unpaired) electrons. The van der Waals surface area contributed by atoms with Crippen molar-refractivity contribution in [2.45, 2.75) is 6.42 Å². The Morgan fingerprint density at radius 3 is 2.09 bits per heavy atom. The highest BCUT2D eigenvalue weighted by Crippen LogP contribution is 2.24. The van der Waals surface area contributed by atoms with Crippen LogP contribution in [0.3, 0.4) is 0 Å². The molecule has 0 heterocycles. The molecule has 0 saturated heterocycles. The van der Waals surface area contributed by atoms with Gasteiger partial charge in [0.2, 0.25) is 5.91 Å². The molecule has 0 aliphatic rings. The van der Waals surface area contributed by atoms with Gasteiger partial charge in [0.15, 0.2) is 12.6 Å². The van der Waals surface area contributed by atoms with Gasteiger partial charge in [-0.3, -0.25) is 15.5 Å². The summed E-state index contributed by atoms with van der Waals surface area (Å²) in [4.78, 5) is 30.5. The number of primary amides is 1. The molecule has 7 N–H and O–H groups in total. The number of amides is 2. The summed E-state index contributed by atoms with van der Waals surface area (Å²) in [6.45, 7) is -0.671. The minimum Gasteiger partial charge on any atom is -0.479 e. The van der Waals surface area contributed by atoms with Crippen LogP contribution in [0.5, 0.6) is 0 Å². The highest BCUT2D eigenvalue weighted by molar-refractivity contribution is 6.36. The van der Waals surface area contributed by atoms with Crippen molar-refractivity contribution >= 4 is 47.1 Å². The zero-order valence-electron chi connectivity index (χ0n) is 11.6. The van der Waals surface area contributed by atoms with E-state index >= 15 is 0 Å². The zero-order chi connectivity index (χ0) is 18.0. The second kappa shape index (κ2) is 10.2. The summed E-state index contributed by atoms with van der Waals surface area (Å²) in [6.07, 6.45) is -1.08. The first-order valence-electron chi connectivity index (χ1n) is 5.84. The van der Waals surface area contributed by atoms with Crippen LogP contribution in [-0.4, -0.2) is 35.6 Å². The number of benzene rings is 1. The lowest BCUT2D eigenvalue weighted by Crippen LogP contribution is -2.36. The molecule has 1 aromatic carbocycles. The van der Waals surface area contributed by atoms with Crippen molar-refractivity contribution in [2.75, 3.05) is 6.61 Å². The molecule has 0 unspecified atom stereocenters. The van der Waals surface area contributed by atoms with E-state index in [1.54, 1.807) is 18.2 Å². The number of rotatable bonds is 4. The molecule has 126 valence electrons. The number of nitrogens with one attached hydrogen (secondary N) is 2. The van der Waals surface area contributed by atoms with Crippen molar-refractivity contribution in [3.05, 3.63) is 33.8 Å². The Kier molecular flexibility index (Phi) is 9.12. The number of nitrogens with two attached hydrogens (primary N) is 2. The van der Waals surface area contributed by atoms with Crippen LogP contribution in [0, 0.1) is 5.41 Å². The smallest absolute Gasteiger partial charge is 0.405 e. The number of hydrogen-bond donors (Lipinski definition) is 5. The standard InChI is InChI=1S/C9H9Cl2N3O.C3H5NO4/c10-6-2-1-3-7(11)5(6)4-8(15)14-9(12)13;4-3(7)8-1-2(5)6/h1-3H,4H2,(H4,12,13,14,15);1H2,(H2,4,7)(H,5,6). The van der Waals surface area contributed by atoms with E-state index in [9.17, 15) is 14.4 Å². The molecule has 0 atom stereocenters. The summed E-state index contributed by atoms with van der Waals surface area (Å²) in [5, 5.41) is 17.7. The Bertz CT molecular complexity index is 575. The van der Waals surface area contributed by atoms with Gasteiger partial charge in [-0.15, -0.1) is 0 Å². The third kappa shape index (κ3) is 9.93. The number of ether oxygens (including phenoxy) is 1. The maximum Gasteiger partial charge on any atom is 0.405 e. The fourth-order valence-corrected chi connectivity index (χ4v) is 1.72. The summed E-state index contributed by atoms with van der Waals surface area (Å²) in [6, 6.07) is 4.98. The summed E-state index contributed by atoms with van der Waals surface area (Å²) in [5.41, 5.74) is 9.95. The van der Waals surface area contributed by atoms with Gasteiger partial charge in [0.25, 0.3) is 0 Å². The molecule has 9 nitrogen and oxygen atoms in total. The number of halogens is 2. The molecule has 1 rings (SSSR count). The average molecular weight is 365 g/mol. The molecular formula is C12H14Cl2N4O5. The third-order valence-corrected chi connectivity index (χ3v) is 2.72. The number of hydrogen-bond acceptors (Lipinski definition) is 5. The second-order valence-electron chi connectivity index (χ2n) is 3.84. The van der Waals surface area contributed by atoms with Crippen LogP contribution in [0.2, 0.25) is 10.0 Å². The predicted molar refractivity (Wildman–Crippen MR) is 83.4 cm³/mol. The largest absolute Gasteiger partial charge is 0.479 e. The first kappa shape index (κ1) is 20.5. The van der Waals surface area contributed by atoms with Gasteiger partial charge in [-0.05, 0) is 17.7 Å². The predicted octanol–water partition coefficient (Wildman–Crippen LogP) is 0.712. The van der Waals surface area contributed by atoms with E-state index in [1.165, 1.54) is 0 Å². The van der Waals surface area contributed by atoms with E-state index < -0.39 is 30.5 Å². The highest BCUT2D eigenvalue weighted by atomic mass is 35.5. The third-order valence-electron chi connectivity index (χ3n) is 2.01. The quantitative estimate of drug-likeness (QED) is 0.389. The van der Waals surface area contributed by atoms with E-state index in [0.29, 0.717) is 15.6 Å². The first-order chi connectivity index (χ1) is 10.6. The maximum absolute atomic E-state index is 11.3. The fraction of sp³-hybridized carbons (Fsp3) is 0.167. The van der Waals surface area contributed by atoms with Gasteiger partial charge in [-0.2, -0.15) is 0 Å². The minimum absolute atomic E-state index is 0.00190. The molecule has 11 heteroatoms. The Morgan fingerprint density at radius 2 is 1.74 bits per heavy atom. The normalized spacial score (nSPS) is 9.13. The van der Waals surface area contributed by atoms with E-state index in [2.05, 4.69) is 15.8 Å². The van der Waals surface area contributed by atoms with Gasteiger partial charge in [0, 0.05) is 10.0 Å². The zero-order valence-corrected chi connectivity index (χ0v) is 13.1. The van der Waals surface area contributed by atoms with Crippen LogP contribution < -0.4 is 16.8 Å². The number of carbonyl (C=O) groups excluding carboxylic acids is 2. The Hall–Kier alpha value is -2.52. The van der Waals surface area contributed by atoms with Crippen LogP contribution in [-0.2, 0) is 20.7 Å². The van der Waals surface area contributed by atoms with Crippen LogP contribution in [0.25, 0.3) is 0 Å². The van der Waals surface area contributed by atoms with Crippen LogP contribution in [0.1, 0.15) is 5.56 Å². The molecule has 2 amide bonds. The number of carboxylic acids is 1. The molecule has 0 spiro atoms. The van der Waals surface area contributed by atoms with Gasteiger partial charge in [0.1, 0.15) is 0 Å². The monoisotopic (exact) mass is 364 g/mol. The lowest BCUT2D eigenvalue weighted by atomic mass is 10.1. The molecule has 23 heavy (non-hydrogen) atoms. The van der Waals surface area contributed by atoms with E-state index in [-0.39, 0.29) is 6.42 Å². The molecule has 0 aliphatic carbocycles. The van der Waals surface area contributed by atoms with Gasteiger partial charge < -0.3 is 21.3 Å². The van der Waals surface area contributed by atoms with Crippen molar-refractivity contribution in [1.82, 2.24) is 5.32 Å². The van der Waals surface area contributed by atoms with Crippen molar-refractivity contribution < 1.29 is 24.2 Å². The molecule has 0 aliphatic heterocycles. The van der Waals surface area contributed by atoms with Crippen molar-refractivity contribution in [3.63, 3.8) is 0 Å². The second-order valence-corrected chi connectivity index (χ2v) is 4.65. The maximum atomic E-state index is 11.3. The molecule has 0 saturated carbocycles. The fourth-order valence-electron chi connectivity index (χ4n) is 1.19. The molecular weight excluding hydrogens is 351 g/mol. The van der Waals surface area contributed by atoms with Gasteiger partial charge in [-0.1, -0.05) is 29.3 Å². The molecule has 1 aromatic rings. The Balaban J connectivity index is 0.000000515. The number of carbonyl (C=O) groups is 3. The number of guanidine groups is 1. The average Bonchev–Trinajstić information content (AvgIpc) is 2.41. The Morgan fingerprint density at radius 1 is 1.22 bits per heavy atom.